The van der Waals surface area contributed by atoms with Crippen LogP contribution in [0.1, 0.15) is 37.6 Å². The molecule has 3 nitrogen and oxygen atoms in total. The highest BCUT2D eigenvalue weighted by Crippen LogP contribution is 2.22. The van der Waals surface area contributed by atoms with E-state index in [1.807, 2.05) is 6.92 Å². The summed E-state index contributed by atoms with van der Waals surface area (Å²) in [6, 6.07) is 9.97. The molecule has 1 aromatic carbocycles. The third kappa shape index (κ3) is 3.31. The molecule has 1 aromatic heterocycles. The zero-order valence-corrected chi connectivity index (χ0v) is 12.0. The lowest BCUT2D eigenvalue weighted by Gasteiger charge is -2.19. The molecule has 3 heteroatoms. The van der Waals surface area contributed by atoms with Gasteiger partial charge in [0.05, 0.1) is 12.9 Å². The molecule has 0 bridgehead atoms. The van der Waals surface area contributed by atoms with Crippen LogP contribution in [-0.4, -0.2) is 9.55 Å². The van der Waals surface area contributed by atoms with Gasteiger partial charge in [-0.15, -0.1) is 0 Å². The molecule has 0 unspecified atom stereocenters. The van der Waals surface area contributed by atoms with Gasteiger partial charge in [0.25, 0.3) is 5.56 Å². The first-order valence-electron chi connectivity index (χ1n) is 6.49. The Morgan fingerprint density at radius 2 is 1.79 bits per heavy atom. The minimum atomic E-state index is -0.00704. The summed E-state index contributed by atoms with van der Waals surface area (Å²) in [4.78, 5) is 15.9. The third-order valence-electron chi connectivity index (χ3n) is 3.19. The zero-order valence-electron chi connectivity index (χ0n) is 12.0. The molecule has 100 valence electrons. The van der Waals surface area contributed by atoms with Crippen LogP contribution in [0.25, 0.3) is 0 Å². The van der Waals surface area contributed by atoms with Crippen molar-refractivity contribution < 1.29 is 0 Å². The second kappa shape index (κ2) is 5.00. The quantitative estimate of drug-likeness (QED) is 0.828. The molecule has 0 N–H and O–H groups in total. The summed E-state index contributed by atoms with van der Waals surface area (Å²) in [6.45, 7) is 8.96. The highest BCUT2D eigenvalue weighted by molar-refractivity contribution is 5.27. The predicted octanol–water partition coefficient (Wildman–Crippen LogP) is 2.90. The average molecular weight is 256 g/mol. The monoisotopic (exact) mass is 256 g/mol. The number of hydrogen-bond acceptors (Lipinski definition) is 2. The fourth-order valence-electron chi connectivity index (χ4n) is 1.94. The first kappa shape index (κ1) is 13.5. The first-order chi connectivity index (χ1) is 8.86. The van der Waals surface area contributed by atoms with Crippen LogP contribution in [0.3, 0.4) is 0 Å². The summed E-state index contributed by atoms with van der Waals surface area (Å²) < 4.78 is 1.62. The second-order valence-corrected chi connectivity index (χ2v) is 5.94. The van der Waals surface area contributed by atoms with E-state index in [9.17, 15) is 4.79 Å². The molecule has 2 aromatic rings. The molecule has 0 atom stereocenters. The molecule has 19 heavy (non-hydrogen) atoms. The molecule has 0 amide bonds. The van der Waals surface area contributed by atoms with Gasteiger partial charge in [-0.25, -0.2) is 4.98 Å². The van der Waals surface area contributed by atoms with Gasteiger partial charge in [0.15, 0.2) is 0 Å². The van der Waals surface area contributed by atoms with Crippen molar-refractivity contribution >= 4 is 0 Å². The highest BCUT2D eigenvalue weighted by atomic mass is 16.1. The maximum absolute atomic E-state index is 11.8. The molecule has 0 radical (unpaired) electrons. The first-order valence-corrected chi connectivity index (χ1v) is 6.49. The molecule has 2 rings (SSSR count). The van der Waals surface area contributed by atoms with Gasteiger partial charge in [-0.05, 0) is 23.5 Å². The van der Waals surface area contributed by atoms with Crippen molar-refractivity contribution in [3.8, 4) is 0 Å². The number of benzene rings is 1. The number of aryl methyl sites for hydroxylation is 1. The molecule has 0 fully saturated rings. The minimum absolute atomic E-state index is 0.00704. The van der Waals surface area contributed by atoms with E-state index >= 15 is 0 Å². The second-order valence-electron chi connectivity index (χ2n) is 5.94. The summed E-state index contributed by atoms with van der Waals surface area (Å²) in [7, 11) is 0. The van der Waals surface area contributed by atoms with Crippen LogP contribution in [0.2, 0.25) is 0 Å². The van der Waals surface area contributed by atoms with E-state index in [0.717, 1.165) is 11.3 Å². The summed E-state index contributed by atoms with van der Waals surface area (Å²) >= 11 is 0. The standard InChI is InChI=1S/C16H20N2O/c1-12-9-15(19)18(11-17-12)10-13-5-7-14(8-6-13)16(2,3)4/h5-9,11H,10H2,1-4H3. The van der Waals surface area contributed by atoms with E-state index in [2.05, 4.69) is 50.0 Å². The van der Waals surface area contributed by atoms with E-state index in [0.29, 0.717) is 6.54 Å². The summed E-state index contributed by atoms with van der Waals surface area (Å²) in [5, 5.41) is 0. The molecule has 0 aliphatic carbocycles. The van der Waals surface area contributed by atoms with Crippen molar-refractivity contribution in [2.75, 3.05) is 0 Å². The smallest absolute Gasteiger partial charge is 0.253 e. The van der Waals surface area contributed by atoms with Gasteiger partial charge in [-0.1, -0.05) is 45.0 Å². The summed E-state index contributed by atoms with van der Waals surface area (Å²) in [6.07, 6.45) is 1.61. The lowest BCUT2D eigenvalue weighted by Crippen LogP contribution is -2.20. The molecule has 0 saturated heterocycles. The lowest BCUT2D eigenvalue weighted by molar-refractivity contribution is 0.589. The van der Waals surface area contributed by atoms with Crippen LogP contribution in [0.5, 0.6) is 0 Å². The van der Waals surface area contributed by atoms with Gasteiger partial charge >= 0.3 is 0 Å². The van der Waals surface area contributed by atoms with Crippen molar-refractivity contribution in [3.05, 3.63) is 63.8 Å². The zero-order chi connectivity index (χ0) is 14.0. The van der Waals surface area contributed by atoms with E-state index in [4.69, 9.17) is 0 Å². The van der Waals surface area contributed by atoms with Crippen LogP contribution in [-0.2, 0) is 12.0 Å². The van der Waals surface area contributed by atoms with Crippen LogP contribution in [0, 0.1) is 6.92 Å². The van der Waals surface area contributed by atoms with E-state index in [1.165, 1.54) is 5.56 Å². The van der Waals surface area contributed by atoms with Gasteiger partial charge in [-0.2, -0.15) is 0 Å². The predicted molar refractivity (Wildman–Crippen MR) is 77.5 cm³/mol. The third-order valence-corrected chi connectivity index (χ3v) is 3.19. The highest BCUT2D eigenvalue weighted by Gasteiger charge is 2.12. The summed E-state index contributed by atoms with van der Waals surface area (Å²) in [5.41, 5.74) is 3.31. The Morgan fingerprint density at radius 1 is 1.16 bits per heavy atom. The Morgan fingerprint density at radius 3 is 2.32 bits per heavy atom. The van der Waals surface area contributed by atoms with Crippen LogP contribution in [0.4, 0.5) is 0 Å². The van der Waals surface area contributed by atoms with E-state index < -0.39 is 0 Å². The summed E-state index contributed by atoms with van der Waals surface area (Å²) in [5.74, 6) is 0. The number of nitrogens with zero attached hydrogens (tertiary/aromatic N) is 2. The normalized spacial score (nSPS) is 11.6. The van der Waals surface area contributed by atoms with Crippen molar-refractivity contribution in [3.63, 3.8) is 0 Å². The number of hydrogen-bond donors (Lipinski definition) is 0. The maximum atomic E-state index is 11.8. The molecular formula is C16H20N2O. The Labute approximate surface area is 113 Å². The Kier molecular flexibility index (Phi) is 3.56. The van der Waals surface area contributed by atoms with Crippen molar-refractivity contribution in [1.82, 2.24) is 9.55 Å². The van der Waals surface area contributed by atoms with Gasteiger partial charge in [-0.3, -0.25) is 9.36 Å². The fourth-order valence-corrected chi connectivity index (χ4v) is 1.94. The SMILES string of the molecule is Cc1cc(=O)n(Cc2ccc(C(C)(C)C)cc2)cn1. The van der Waals surface area contributed by atoms with Crippen LogP contribution < -0.4 is 5.56 Å². The van der Waals surface area contributed by atoms with Crippen LogP contribution >= 0.6 is 0 Å². The van der Waals surface area contributed by atoms with Gasteiger partial charge < -0.3 is 0 Å². The molecule has 0 aliphatic rings. The largest absolute Gasteiger partial charge is 0.295 e. The molecule has 0 spiro atoms. The van der Waals surface area contributed by atoms with Crippen molar-refractivity contribution in [2.24, 2.45) is 0 Å². The molecule has 1 heterocycles. The minimum Gasteiger partial charge on any atom is -0.295 e. The number of rotatable bonds is 2. The van der Waals surface area contributed by atoms with Gasteiger partial charge in [0.2, 0.25) is 0 Å². The van der Waals surface area contributed by atoms with Gasteiger partial charge in [0.1, 0.15) is 0 Å². The van der Waals surface area contributed by atoms with E-state index in [-0.39, 0.29) is 11.0 Å². The van der Waals surface area contributed by atoms with Crippen molar-refractivity contribution in [1.29, 1.82) is 0 Å². The Hall–Kier alpha value is -1.90. The average Bonchev–Trinajstić information content (AvgIpc) is 2.32. The maximum Gasteiger partial charge on any atom is 0.253 e. The van der Waals surface area contributed by atoms with Crippen molar-refractivity contribution in [2.45, 2.75) is 39.7 Å². The fraction of sp³-hybridized carbons (Fsp3) is 0.375. The molecule has 0 saturated carbocycles. The Balaban J connectivity index is 2.22. The molecule has 0 aliphatic heterocycles. The van der Waals surface area contributed by atoms with Gasteiger partial charge in [0, 0.05) is 11.8 Å². The topological polar surface area (TPSA) is 34.9 Å². The van der Waals surface area contributed by atoms with Crippen LogP contribution in [0.15, 0.2) is 41.5 Å². The number of aromatic nitrogens is 2. The molecular weight excluding hydrogens is 236 g/mol. The Bertz CT molecular complexity index is 618. The lowest BCUT2D eigenvalue weighted by atomic mass is 9.87. The van der Waals surface area contributed by atoms with E-state index in [1.54, 1.807) is 17.0 Å².